The van der Waals surface area contributed by atoms with E-state index in [9.17, 15) is 5.11 Å². The van der Waals surface area contributed by atoms with Gasteiger partial charge in [0.2, 0.25) is 5.95 Å². The molecule has 5 rings (SSSR count). The van der Waals surface area contributed by atoms with Crippen LogP contribution in [0.1, 0.15) is 12.5 Å². The molecule has 3 heterocycles. The minimum atomic E-state index is -0.286. The van der Waals surface area contributed by atoms with Crippen molar-refractivity contribution in [2.75, 3.05) is 52.3 Å². The van der Waals surface area contributed by atoms with Crippen LogP contribution in [0.5, 0.6) is 11.5 Å². The normalized spacial score (nSPS) is 15.6. The first-order valence-corrected chi connectivity index (χ1v) is 12.6. The lowest BCUT2D eigenvalue weighted by Gasteiger charge is -2.35. The molecule has 1 atom stereocenters. The fourth-order valence-electron chi connectivity index (χ4n) is 4.84. The van der Waals surface area contributed by atoms with Crippen LogP contribution >= 0.6 is 0 Å². The van der Waals surface area contributed by atoms with Gasteiger partial charge < -0.3 is 19.9 Å². The third-order valence-corrected chi connectivity index (χ3v) is 6.69. The number of hydrogen-bond donors (Lipinski definition) is 2. The number of aliphatic hydroxyl groups excluding tert-OH is 1. The topological polar surface area (TPSA) is 87.4 Å². The molecule has 9 heteroatoms. The molecule has 1 aliphatic rings. The molecule has 2 aromatic heterocycles. The summed E-state index contributed by atoms with van der Waals surface area (Å²) in [5, 5.41) is 17.7. The van der Waals surface area contributed by atoms with Crippen molar-refractivity contribution in [1.29, 1.82) is 0 Å². The Morgan fingerprint density at radius 3 is 2.46 bits per heavy atom. The quantitative estimate of drug-likeness (QED) is 0.359. The number of nitrogens with one attached hydrogen (secondary N) is 1. The minimum absolute atomic E-state index is 0.286. The summed E-state index contributed by atoms with van der Waals surface area (Å²) in [4.78, 5) is 9.26. The summed E-state index contributed by atoms with van der Waals surface area (Å²) < 4.78 is 13.1. The third kappa shape index (κ3) is 5.69. The summed E-state index contributed by atoms with van der Waals surface area (Å²) in [6.07, 6.45) is 1.51. The van der Waals surface area contributed by atoms with Gasteiger partial charge in [0, 0.05) is 44.8 Å². The molecule has 0 amide bonds. The van der Waals surface area contributed by atoms with Crippen LogP contribution in [0.3, 0.4) is 0 Å². The molecule has 2 N–H and O–H groups in total. The van der Waals surface area contributed by atoms with Crippen LogP contribution < -0.4 is 14.8 Å². The number of aromatic nitrogens is 3. The number of piperazine rings is 1. The fraction of sp³-hybridized carbons (Fsp3) is 0.357. The Labute approximate surface area is 217 Å². The molecule has 0 spiro atoms. The molecular weight excluding hydrogens is 468 g/mol. The largest absolute Gasteiger partial charge is 0.496 e. The number of nitrogens with zero attached hydrogens (tertiary/aromatic N) is 5. The molecule has 2 aromatic carbocycles. The molecule has 1 unspecified atom stereocenters. The minimum Gasteiger partial charge on any atom is -0.496 e. The summed E-state index contributed by atoms with van der Waals surface area (Å²) >= 11 is 0. The van der Waals surface area contributed by atoms with Gasteiger partial charge in [-0.2, -0.15) is 0 Å². The van der Waals surface area contributed by atoms with E-state index in [0.717, 1.165) is 73.2 Å². The zero-order valence-electron chi connectivity index (χ0n) is 21.6. The molecule has 0 aliphatic carbocycles. The van der Waals surface area contributed by atoms with Gasteiger partial charge in [0.05, 0.1) is 43.4 Å². The molecule has 1 fully saturated rings. The maximum absolute atomic E-state index is 9.63. The molecule has 0 saturated carbocycles. The van der Waals surface area contributed by atoms with E-state index in [1.54, 1.807) is 20.4 Å². The standard InChI is InChI=1S/C28H34N6O3/c1-20(35)18-32-12-14-33(15-13-32)19-21-8-10-24(27(16-21)37-3)30-28-29-17-22-9-11-25(34(22)31-28)23-6-4-5-7-26(23)36-2/h4-11,16-17,20,35H,12-15,18-19H2,1-3H3,(H,30,31). The number of ether oxygens (including phenoxy) is 2. The van der Waals surface area contributed by atoms with Gasteiger partial charge in [0.15, 0.2) is 0 Å². The summed E-state index contributed by atoms with van der Waals surface area (Å²) in [5.74, 6) is 2.00. The van der Waals surface area contributed by atoms with E-state index in [4.69, 9.17) is 14.6 Å². The fourth-order valence-corrected chi connectivity index (χ4v) is 4.84. The molecule has 9 nitrogen and oxygen atoms in total. The van der Waals surface area contributed by atoms with Crippen molar-refractivity contribution >= 4 is 17.2 Å². The zero-order valence-corrected chi connectivity index (χ0v) is 21.6. The molecule has 1 saturated heterocycles. The lowest BCUT2D eigenvalue weighted by molar-refractivity contribution is 0.0780. The Balaban J connectivity index is 1.32. The number of anilines is 2. The number of aliphatic hydroxyl groups is 1. The van der Waals surface area contributed by atoms with Crippen molar-refractivity contribution in [3.05, 3.63) is 66.4 Å². The van der Waals surface area contributed by atoms with Gasteiger partial charge in [-0.3, -0.25) is 9.80 Å². The van der Waals surface area contributed by atoms with Crippen molar-refractivity contribution in [1.82, 2.24) is 24.4 Å². The molecular formula is C28H34N6O3. The van der Waals surface area contributed by atoms with Crippen LogP contribution in [-0.2, 0) is 6.54 Å². The van der Waals surface area contributed by atoms with E-state index in [0.29, 0.717) is 5.95 Å². The van der Waals surface area contributed by atoms with Crippen LogP contribution in [0.15, 0.2) is 60.8 Å². The summed E-state index contributed by atoms with van der Waals surface area (Å²) in [6, 6.07) is 18.1. The van der Waals surface area contributed by atoms with Crippen molar-refractivity contribution < 1.29 is 14.6 Å². The van der Waals surface area contributed by atoms with Crippen LogP contribution in [0.25, 0.3) is 16.8 Å². The maximum atomic E-state index is 9.63. The maximum Gasteiger partial charge on any atom is 0.245 e. The smallest absolute Gasteiger partial charge is 0.245 e. The van der Waals surface area contributed by atoms with Crippen LogP contribution in [0.4, 0.5) is 11.6 Å². The molecule has 194 valence electrons. The van der Waals surface area contributed by atoms with Crippen molar-refractivity contribution in [3.63, 3.8) is 0 Å². The third-order valence-electron chi connectivity index (χ3n) is 6.69. The highest BCUT2D eigenvalue weighted by atomic mass is 16.5. The molecule has 0 radical (unpaired) electrons. The highest BCUT2D eigenvalue weighted by Gasteiger charge is 2.19. The van der Waals surface area contributed by atoms with E-state index in [1.165, 1.54) is 5.56 Å². The number of para-hydroxylation sites is 1. The summed E-state index contributed by atoms with van der Waals surface area (Å²) in [7, 11) is 3.35. The first kappa shape index (κ1) is 25.0. The molecule has 0 bridgehead atoms. The van der Waals surface area contributed by atoms with E-state index in [-0.39, 0.29) is 6.10 Å². The SMILES string of the molecule is COc1cc(CN2CCN(CC(C)O)CC2)ccc1Nc1ncc2ccc(-c3ccccc3OC)n2n1. The average molecular weight is 503 g/mol. The van der Waals surface area contributed by atoms with Gasteiger partial charge in [0.25, 0.3) is 0 Å². The highest BCUT2D eigenvalue weighted by molar-refractivity contribution is 5.72. The predicted octanol–water partition coefficient (Wildman–Crippen LogP) is 3.66. The summed E-state index contributed by atoms with van der Waals surface area (Å²) in [5.41, 5.74) is 4.77. The predicted molar refractivity (Wildman–Crippen MR) is 145 cm³/mol. The van der Waals surface area contributed by atoms with Crippen molar-refractivity contribution in [2.24, 2.45) is 0 Å². The number of benzene rings is 2. The van der Waals surface area contributed by atoms with Gasteiger partial charge in [-0.05, 0) is 48.9 Å². The number of β-amino-alcohol motifs (C(OH)–C–C–N with tert-alkyl or cyclic N) is 1. The monoisotopic (exact) mass is 502 g/mol. The zero-order chi connectivity index (χ0) is 25.8. The van der Waals surface area contributed by atoms with Crippen molar-refractivity contribution in [3.8, 4) is 22.8 Å². The van der Waals surface area contributed by atoms with E-state index in [2.05, 4.69) is 32.2 Å². The second kappa shape index (κ2) is 11.2. The lowest BCUT2D eigenvalue weighted by Crippen LogP contribution is -2.47. The Bertz CT molecular complexity index is 1350. The van der Waals surface area contributed by atoms with Crippen LogP contribution in [-0.4, -0.2) is 82.6 Å². The molecule has 4 aromatic rings. The Morgan fingerprint density at radius 1 is 0.946 bits per heavy atom. The van der Waals surface area contributed by atoms with Gasteiger partial charge in [-0.25, -0.2) is 9.50 Å². The van der Waals surface area contributed by atoms with Crippen LogP contribution in [0, 0.1) is 0 Å². The average Bonchev–Trinajstić information content (AvgIpc) is 3.33. The lowest BCUT2D eigenvalue weighted by atomic mass is 10.1. The molecule has 37 heavy (non-hydrogen) atoms. The highest BCUT2D eigenvalue weighted by Crippen LogP contribution is 2.32. The van der Waals surface area contributed by atoms with Gasteiger partial charge in [-0.15, -0.1) is 5.10 Å². The number of fused-ring (bicyclic) bond motifs is 1. The second-order valence-corrected chi connectivity index (χ2v) is 9.42. The van der Waals surface area contributed by atoms with Crippen molar-refractivity contribution in [2.45, 2.75) is 19.6 Å². The van der Waals surface area contributed by atoms with E-state index >= 15 is 0 Å². The van der Waals surface area contributed by atoms with E-state index < -0.39 is 0 Å². The molecule has 1 aliphatic heterocycles. The summed E-state index contributed by atoms with van der Waals surface area (Å²) in [6.45, 7) is 7.33. The van der Waals surface area contributed by atoms with Gasteiger partial charge in [-0.1, -0.05) is 18.2 Å². The Kier molecular flexibility index (Phi) is 7.55. The first-order valence-electron chi connectivity index (χ1n) is 12.6. The van der Waals surface area contributed by atoms with Gasteiger partial charge in [0.1, 0.15) is 11.5 Å². The number of rotatable bonds is 9. The second-order valence-electron chi connectivity index (χ2n) is 9.42. The number of methoxy groups -OCH3 is 2. The first-order chi connectivity index (χ1) is 18.0. The van der Waals surface area contributed by atoms with E-state index in [1.807, 2.05) is 53.9 Å². The Hall–Kier alpha value is -3.66. The number of hydrogen-bond acceptors (Lipinski definition) is 8. The van der Waals surface area contributed by atoms with Gasteiger partial charge >= 0.3 is 0 Å². The van der Waals surface area contributed by atoms with Crippen LogP contribution in [0.2, 0.25) is 0 Å². The Morgan fingerprint density at radius 2 is 1.70 bits per heavy atom.